The smallest absolute Gasteiger partial charge is 0.325 e. The van der Waals surface area contributed by atoms with Crippen molar-refractivity contribution >= 4 is 39.4 Å². The van der Waals surface area contributed by atoms with Gasteiger partial charge in [-0.05, 0) is 41.1 Å². The molecule has 1 rings (SSSR count). The van der Waals surface area contributed by atoms with E-state index in [4.69, 9.17) is 16.3 Å². The first-order chi connectivity index (χ1) is 8.04. The van der Waals surface area contributed by atoms with Crippen LogP contribution in [0.5, 0.6) is 0 Å². The number of halogens is 2. The summed E-state index contributed by atoms with van der Waals surface area (Å²) < 4.78 is 5.27. The number of esters is 1. The zero-order chi connectivity index (χ0) is 12.8. The molecule has 1 N–H and O–H groups in total. The van der Waals surface area contributed by atoms with E-state index in [0.29, 0.717) is 21.7 Å². The van der Waals surface area contributed by atoms with Gasteiger partial charge >= 0.3 is 5.97 Å². The maximum atomic E-state index is 11.7. The summed E-state index contributed by atoms with van der Waals surface area (Å²) in [4.78, 5) is 22.7. The quantitative estimate of drug-likeness (QED) is 0.867. The lowest BCUT2D eigenvalue weighted by Gasteiger charge is -2.06. The van der Waals surface area contributed by atoms with Crippen LogP contribution < -0.4 is 5.32 Å². The minimum Gasteiger partial charge on any atom is -0.465 e. The van der Waals surface area contributed by atoms with Crippen molar-refractivity contribution in [2.45, 2.75) is 6.92 Å². The third-order valence-corrected chi connectivity index (χ3v) is 2.77. The third kappa shape index (κ3) is 4.36. The maximum Gasteiger partial charge on any atom is 0.325 e. The van der Waals surface area contributed by atoms with E-state index in [2.05, 4.69) is 21.2 Å². The summed E-state index contributed by atoms with van der Waals surface area (Å²) in [5.74, 6) is -0.826. The molecule has 0 unspecified atom stereocenters. The van der Waals surface area contributed by atoms with E-state index >= 15 is 0 Å². The summed E-state index contributed by atoms with van der Waals surface area (Å²) in [6, 6.07) is 4.79. The molecule has 4 nitrogen and oxygen atoms in total. The number of hydrogen-bond acceptors (Lipinski definition) is 3. The van der Waals surface area contributed by atoms with E-state index in [0.717, 1.165) is 0 Å². The van der Waals surface area contributed by atoms with Crippen LogP contribution in [0, 0.1) is 0 Å². The topological polar surface area (TPSA) is 55.4 Å². The van der Waals surface area contributed by atoms with Crippen LogP contribution in [0.2, 0.25) is 5.02 Å². The van der Waals surface area contributed by atoms with E-state index in [1.165, 1.54) is 0 Å². The van der Waals surface area contributed by atoms with Crippen LogP contribution in [0.4, 0.5) is 0 Å². The van der Waals surface area contributed by atoms with Gasteiger partial charge < -0.3 is 10.1 Å². The van der Waals surface area contributed by atoms with Crippen molar-refractivity contribution < 1.29 is 14.3 Å². The maximum absolute atomic E-state index is 11.7. The normalized spacial score (nSPS) is 9.82. The number of hydrogen-bond donors (Lipinski definition) is 1. The van der Waals surface area contributed by atoms with Gasteiger partial charge in [0.15, 0.2) is 0 Å². The highest BCUT2D eigenvalue weighted by Gasteiger charge is 2.11. The second-order valence-corrected chi connectivity index (χ2v) is 4.40. The molecule has 17 heavy (non-hydrogen) atoms. The zero-order valence-electron chi connectivity index (χ0n) is 9.13. The molecule has 1 amide bonds. The van der Waals surface area contributed by atoms with Gasteiger partial charge in [-0.25, -0.2) is 0 Å². The van der Waals surface area contributed by atoms with Crippen LogP contribution in [0.15, 0.2) is 22.7 Å². The summed E-state index contributed by atoms with van der Waals surface area (Å²) in [5.41, 5.74) is 0.415. The van der Waals surface area contributed by atoms with E-state index < -0.39 is 5.97 Å². The van der Waals surface area contributed by atoms with Crippen LogP contribution >= 0.6 is 27.5 Å². The van der Waals surface area contributed by atoms with Crippen molar-refractivity contribution in [3.05, 3.63) is 33.3 Å². The zero-order valence-corrected chi connectivity index (χ0v) is 11.5. The van der Waals surface area contributed by atoms with Crippen LogP contribution in [0.1, 0.15) is 17.3 Å². The first kappa shape index (κ1) is 14.0. The summed E-state index contributed by atoms with van der Waals surface area (Å²) in [5, 5.41) is 2.98. The Labute approximate surface area is 112 Å². The second-order valence-electron chi connectivity index (χ2n) is 3.11. The molecule has 0 aromatic heterocycles. The second kappa shape index (κ2) is 6.61. The molecule has 6 heteroatoms. The Balaban J connectivity index is 2.61. The van der Waals surface area contributed by atoms with Crippen molar-refractivity contribution in [3.63, 3.8) is 0 Å². The first-order valence-electron chi connectivity index (χ1n) is 4.93. The van der Waals surface area contributed by atoms with Gasteiger partial charge in [-0.1, -0.05) is 11.6 Å². The molecule has 0 aliphatic carbocycles. The molecule has 0 heterocycles. The van der Waals surface area contributed by atoms with Gasteiger partial charge in [-0.2, -0.15) is 0 Å². The van der Waals surface area contributed by atoms with Crippen molar-refractivity contribution in [2.24, 2.45) is 0 Å². The number of carbonyl (C=O) groups excluding carboxylic acids is 2. The van der Waals surface area contributed by atoms with E-state index in [9.17, 15) is 9.59 Å². The van der Waals surface area contributed by atoms with Crippen LogP contribution in [0.25, 0.3) is 0 Å². The van der Waals surface area contributed by atoms with Gasteiger partial charge in [0.2, 0.25) is 0 Å². The Bertz CT molecular complexity index is 437. The number of ether oxygens (including phenoxy) is 1. The van der Waals surface area contributed by atoms with Crippen molar-refractivity contribution in [2.75, 3.05) is 13.2 Å². The summed E-state index contributed by atoms with van der Waals surface area (Å²) in [7, 11) is 0. The Morgan fingerprint density at radius 3 is 2.76 bits per heavy atom. The van der Waals surface area contributed by atoms with Crippen molar-refractivity contribution in [1.82, 2.24) is 5.32 Å². The first-order valence-corrected chi connectivity index (χ1v) is 6.10. The average Bonchev–Trinajstić information content (AvgIpc) is 2.26. The fraction of sp³-hybridized carbons (Fsp3) is 0.273. The molecule has 0 aliphatic rings. The summed E-state index contributed by atoms with van der Waals surface area (Å²) in [6.07, 6.45) is 0. The minimum atomic E-state index is -0.467. The van der Waals surface area contributed by atoms with E-state index in [1.54, 1.807) is 25.1 Å². The molecule has 0 atom stereocenters. The molecule has 1 aromatic rings. The summed E-state index contributed by atoms with van der Waals surface area (Å²) >= 11 is 8.98. The minimum absolute atomic E-state index is 0.151. The molecular formula is C11H11BrClNO3. The third-order valence-electron chi connectivity index (χ3n) is 1.87. The van der Waals surface area contributed by atoms with Gasteiger partial charge in [0.1, 0.15) is 6.54 Å². The van der Waals surface area contributed by atoms with Crippen LogP contribution in [-0.2, 0) is 9.53 Å². The predicted octanol–water partition coefficient (Wildman–Crippen LogP) is 2.40. The highest BCUT2D eigenvalue weighted by atomic mass is 79.9. The Morgan fingerprint density at radius 2 is 2.18 bits per heavy atom. The number of carbonyl (C=O) groups is 2. The lowest BCUT2D eigenvalue weighted by Crippen LogP contribution is -2.30. The fourth-order valence-corrected chi connectivity index (χ4v) is 2.00. The molecule has 0 bridgehead atoms. The van der Waals surface area contributed by atoms with E-state index in [-0.39, 0.29) is 12.5 Å². The van der Waals surface area contributed by atoms with E-state index in [1.807, 2.05) is 0 Å². The predicted molar refractivity (Wildman–Crippen MR) is 68.1 cm³/mol. The van der Waals surface area contributed by atoms with Crippen molar-refractivity contribution in [3.8, 4) is 0 Å². The molecule has 0 spiro atoms. The van der Waals surface area contributed by atoms with Gasteiger partial charge in [0.05, 0.1) is 12.2 Å². The monoisotopic (exact) mass is 319 g/mol. The Morgan fingerprint density at radius 1 is 1.47 bits per heavy atom. The van der Waals surface area contributed by atoms with Gasteiger partial charge in [-0.3, -0.25) is 9.59 Å². The fourth-order valence-electron chi connectivity index (χ4n) is 1.13. The highest BCUT2D eigenvalue weighted by molar-refractivity contribution is 9.10. The number of benzene rings is 1. The van der Waals surface area contributed by atoms with Crippen molar-refractivity contribution in [1.29, 1.82) is 0 Å². The molecular weight excluding hydrogens is 309 g/mol. The average molecular weight is 321 g/mol. The number of nitrogens with one attached hydrogen (secondary N) is 1. The molecule has 92 valence electrons. The molecule has 0 radical (unpaired) electrons. The molecule has 0 saturated carbocycles. The van der Waals surface area contributed by atoms with Gasteiger partial charge in [0.25, 0.3) is 5.91 Å². The number of amides is 1. The standard InChI is InChI=1S/C11H11BrClNO3/c1-2-17-10(15)6-14-11(16)8-4-3-7(13)5-9(8)12/h3-5H,2,6H2,1H3,(H,14,16). The molecule has 0 fully saturated rings. The lowest BCUT2D eigenvalue weighted by atomic mass is 10.2. The number of rotatable bonds is 4. The largest absolute Gasteiger partial charge is 0.465 e. The Kier molecular flexibility index (Phi) is 5.44. The molecule has 1 aromatic carbocycles. The van der Waals surface area contributed by atoms with Crippen LogP contribution in [-0.4, -0.2) is 25.0 Å². The molecule has 0 aliphatic heterocycles. The highest BCUT2D eigenvalue weighted by Crippen LogP contribution is 2.21. The SMILES string of the molecule is CCOC(=O)CNC(=O)c1ccc(Cl)cc1Br. The van der Waals surface area contributed by atoms with Gasteiger partial charge in [-0.15, -0.1) is 0 Å². The van der Waals surface area contributed by atoms with Crippen LogP contribution in [0.3, 0.4) is 0 Å². The summed E-state index contributed by atoms with van der Waals surface area (Å²) in [6.45, 7) is 1.84. The Hall–Kier alpha value is -1.07. The molecule has 0 saturated heterocycles. The van der Waals surface area contributed by atoms with Gasteiger partial charge in [0, 0.05) is 9.50 Å². The lowest BCUT2D eigenvalue weighted by molar-refractivity contribution is -0.141.